The lowest BCUT2D eigenvalue weighted by atomic mass is 10.1. The Morgan fingerprint density at radius 2 is 2.07 bits per heavy atom. The topological polar surface area (TPSA) is 82.5 Å². The van der Waals surface area contributed by atoms with Crippen LogP contribution >= 0.6 is 0 Å². The second kappa shape index (κ2) is 7.55. The molecule has 0 bridgehead atoms. The second-order valence-electron chi connectivity index (χ2n) is 6.00. The van der Waals surface area contributed by atoms with Crippen LogP contribution in [0.4, 0.5) is 11.9 Å². The van der Waals surface area contributed by atoms with Gasteiger partial charge in [-0.3, -0.25) is 0 Å². The second-order valence-corrected chi connectivity index (χ2v) is 6.00. The lowest BCUT2D eigenvalue weighted by molar-refractivity contribution is 0.122. The molecule has 138 valence electrons. The molecule has 3 heterocycles. The summed E-state index contributed by atoms with van der Waals surface area (Å²) in [6.07, 6.45) is 5.17. The highest BCUT2D eigenvalue weighted by atomic mass is 16.5. The minimum Gasteiger partial charge on any atom is -0.378 e. The van der Waals surface area contributed by atoms with Crippen LogP contribution in [0.1, 0.15) is 6.92 Å². The summed E-state index contributed by atoms with van der Waals surface area (Å²) in [4.78, 5) is 19.4. The minimum atomic E-state index is 0.433. The van der Waals surface area contributed by atoms with Gasteiger partial charge in [-0.05, 0) is 19.1 Å². The van der Waals surface area contributed by atoms with E-state index in [-0.39, 0.29) is 0 Å². The van der Waals surface area contributed by atoms with Gasteiger partial charge in [0.2, 0.25) is 5.95 Å². The third kappa shape index (κ3) is 3.39. The van der Waals surface area contributed by atoms with Crippen molar-refractivity contribution in [2.75, 3.05) is 36.2 Å². The molecule has 1 saturated heterocycles. The van der Waals surface area contributed by atoms with Crippen molar-refractivity contribution in [1.29, 1.82) is 0 Å². The quantitative estimate of drug-likeness (QED) is 0.554. The number of rotatable bonds is 5. The molecule has 1 N–H and O–H groups in total. The van der Waals surface area contributed by atoms with Gasteiger partial charge in [0.05, 0.1) is 13.2 Å². The predicted molar refractivity (Wildman–Crippen MR) is 107 cm³/mol. The van der Waals surface area contributed by atoms with E-state index in [1.54, 1.807) is 17.4 Å². The Balaban J connectivity index is 1.87. The number of hydrazone groups is 1. The number of nitrogens with one attached hydrogen (secondary N) is 1. The Kier molecular flexibility index (Phi) is 4.80. The molecular weight excluding hydrogens is 342 g/mol. The molecule has 1 fully saturated rings. The fraction of sp³-hybridized carbons (Fsp3) is 0.263. The van der Waals surface area contributed by atoms with Crippen LogP contribution in [-0.4, -0.2) is 52.5 Å². The fourth-order valence-corrected chi connectivity index (χ4v) is 3.07. The standard InChI is InChI=1S/C19H21N7O/c1-3-21-26(4-2)19-23-17(15-6-5-7-16-14(15)8-9-20-16)22-18(24-19)25-10-12-27-13-11-25/h3-9,20H,2,10-13H2,1H3/b21-3+. The first-order valence-electron chi connectivity index (χ1n) is 8.86. The van der Waals surface area contributed by atoms with E-state index < -0.39 is 0 Å². The fourth-order valence-electron chi connectivity index (χ4n) is 3.07. The van der Waals surface area contributed by atoms with Crippen molar-refractivity contribution in [3.8, 4) is 11.4 Å². The number of ether oxygens (including phenoxy) is 1. The molecule has 2 aromatic heterocycles. The van der Waals surface area contributed by atoms with Crippen molar-refractivity contribution in [2.24, 2.45) is 5.10 Å². The molecule has 0 saturated carbocycles. The van der Waals surface area contributed by atoms with Gasteiger partial charge >= 0.3 is 0 Å². The summed E-state index contributed by atoms with van der Waals surface area (Å²) in [6.45, 7) is 8.44. The van der Waals surface area contributed by atoms with Crippen molar-refractivity contribution in [2.45, 2.75) is 6.92 Å². The van der Waals surface area contributed by atoms with Gasteiger partial charge in [-0.25, -0.2) is 5.01 Å². The first-order chi connectivity index (χ1) is 13.3. The SMILES string of the molecule is C=CN(/N=C/C)c1nc(-c2cccc3[nH]ccc23)nc(N2CCOCC2)n1. The summed E-state index contributed by atoms with van der Waals surface area (Å²) in [7, 11) is 0. The van der Waals surface area contributed by atoms with E-state index in [1.165, 1.54) is 0 Å². The highest BCUT2D eigenvalue weighted by molar-refractivity contribution is 5.93. The van der Waals surface area contributed by atoms with E-state index in [0.717, 1.165) is 29.6 Å². The molecule has 8 heteroatoms. The number of morpholine rings is 1. The predicted octanol–water partition coefficient (Wildman–Crippen LogP) is 2.81. The number of aromatic amines is 1. The first-order valence-corrected chi connectivity index (χ1v) is 8.86. The maximum absolute atomic E-state index is 5.45. The number of hydrogen-bond donors (Lipinski definition) is 1. The van der Waals surface area contributed by atoms with Crippen molar-refractivity contribution in [3.05, 3.63) is 43.2 Å². The Hall–Kier alpha value is -3.26. The Morgan fingerprint density at radius 1 is 1.22 bits per heavy atom. The number of benzene rings is 1. The third-order valence-electron chi connectivity index (χ3n) is 4.36. The average molecular weight is 363 g/mol. The Labute approximate surface area is 157 Å². The minimum absolute atomic E-state index is 0.433. The average Bonchev–Trinajstić information content (AvgIpc) is 3.21. The molecule has 3 aromatic rings. The van der Waals surface area contributed by atoms with Crippen LogP contribution in [0.25, 0.3) is 22.3 Å². The molecule has 8 nitrogen and oxygen atoms in total. The van der Waals surface area contributed by atoms with Crippen molar-refractivity contribution in [3.63, 3.8) is 0 Å². The van der Waals surface area contributed by atoms with Crippen molar-refractivity contribution < 1.29 is 4.74 Å². The maximum atomic E-state index is 5.45. The molecule has 0 spiro atoms. The first kappa shape index (κ1) is 17.2. The number of aromatic nitrogens is 4. The molecule has 27 heavy (non-hydrogen) atoms. The van der Waals surface area contributed by atoms with Crippen LogP contribution < -0.4 is 9.91 Å². The van der Waals surface area contributed by atoms with Crippen LogP contribution in [0.3, 0.4) is 0 Å². The highest BCUT2D eigenvalue weighted by Crippen LogP contribution is 2.28. The Bertz CT molecular complexity index is 975. The molecule has 1 aromatic carbocycles. The van der Waals surface area contributed by atoms with E-state index in [4.69, 9.17) is 9.72 Å². The zero-order valence-electron chi connectivity index (χ0n) is 15.2. The normalized spacial score (nSPS) is 14.8. The van der Waals surface area contributed by atoms with Crippen LogP contribution in [-0.2, 0) is 4.74 Å². The zero-order valence-corrected chi connectivity index (χ0v) is 15.2. The smallest absolute Gasteiger partial charge is 0.255 e. The Morgan fingerprint density at radius 3 is 2.85 bits per heavy atom. The lowest BCUT2D eigenvalue weighted by Gasteiger charge is -2.27. The van der Waals surface area contributed by atoms with E-state index in [0.29, 0.717) is 30.9 Å². The van der Waals surface area contributed by atoms with Gasteiger partial charge in [0, 0.05) is 48.2 Å². The summed E-state index contributed by atoms with van der Waals surface area (Å²) >= 11 is 0. The van der Waals surface area contributed by atoms with Crippen molar-refractivity contribution in [1.82, 2.24) is 19.9 Å². The lowest BCUT2D eigenvalue weighted by Crippen LogP contribution is -2.37. The summed E-state index contributed by atoms with van der Waals surface area (Å²) in [5.41, 5.74) is 1.98. The van der Waals surface area contributed by atoms with Gasteiger partial charge in [0.1, 0.15) is 0 Å². The van der Waals surface area contributed by atoms with Crippen LogP contribution in [0, 0.1) is 0 Å². The molecule has 1 aliphatic heterocycles. The monoisotopic (exact) mass is 363 g/mol. The number of H-pyrrole nitrogens is 1. The molecule has 0 aliphatic carbocycles. The summed E-state index contributed by atoms with van der Waals surface area (Å²) < 4.78 is 5.45. The summed E-state index contributed by atoms with van der Waals surface area (Å²) in [5, 5.41) is 6.88. The van der Waals surface area contributed by atoms with Crippen LogP contribution in [0.15, 0.2) is 48.3 Å². The van der Waals surface area contributed by atoms with Gasteiger partial charge in [-0.1, -0.05) is 18.7 Å². The summed E-state index contributed by atoms with van der Waals surface area (Å²) in [6, 6.07) is 8.06. The van der Waals surface area contributed by atoms with Crippen LogP contribution in [0.2, 0.25) is 0 Å². The van der Waals surface area contributed by atoms with E-state index in [2.05, 4.69) is 31.5 Å². The van der Waals surface area contributed by atoms with E-state index in [1.807, 2.05) is 37.4 Å². The summed E-state index contributed by atoms with van der Waals surface area (Å²) in [5.74, 6) is 1.65. The molecule has 0 unspecified atom stereocenters. The zero-order chi connectivity index (χ0) is 18.6. The van der Waals surface area contributed by atoms with Gasteiger partial charge in [-0.15, -0.1) is 0 Å². The van der Waals surface area contributed by atoms with E-state index in [9.17, 15) is 0 Å². The van der Waals surface area contributed by atoms with Crippen molar-refractivity contribution >= 4 is 29.0 Å². The largest absolute Gasteiger partial charge is 0.378 e. The van der Waals surface area contributed by atoms with Gasteiger partial charge < -0.3 is 14.6 Å². The third-order valence-corrected chi connectivity index (χ3v) is 4.36. The highest BCUT2D eigenvalue weighted by Gasteiger charge is 2.19. The molecule has 0 atom stereocenters. The molecular formula is C19H21N7O. The number of anilines is 2. The van der Waals surface area contributed by atoms with Crippen LogP contribution in [0.5, 0.6) is 0 Å². The van der Waals surface area contributed by atoms with Gasteiger partial charge in [0.15, 0.2) is 5.82 Å². The maximum Gasteiger partial charge on any atom is 0.255 e. The molecule has 0 radical (unpaired) electrons. The number of hydrogen-bond acceptors (Lipinski definition) is 7. The number of nitrogens with zero attached hydrogens (tertiary/aromatic N) is 6. The molecule has 1 aliphatic rings. The molecule has 4 rings (SSSR count). The number of fused-ring (bicyclic) bond motifs is 1. The molecule has 0 amide bonds. The van der Waals surface area contributed by atoms with E-state index >= 15 is 0 Å². The van der Waals surface area contributed by atoms with Gasteiger partial charge in [-0.2, -0.15) is 20.1 Å². The van der Waals surface area contributed by atoms with Gasteiger partial charge in [0.25, 0.3) is 5.95 Å².